The number of hydrogen-bond acceptors (Lipinski definition) is 3. The lowest BCUT2D eigenvalue weighted by atomic mass is 9.83. The molecule has 88 valence electrons. The van der Waals surface area contributed by atoms with Crippen LogP contribution in [0.25, 0.3) is 0 Å². The largest absolute Gasteiger partial charge is 0.465 e. The zero-order chi connectivity index (χ0) is 12.3. The van der Waals surface area contributed by atoms with Crippen LogP contribution in [-0.2, 0) is 14.9 Å². The van der Waals surface area contributed by atoms with E-state index in [9.17, 15) is 9.18 Å². The molecule has 0 aromatic heterocycles. The highest BCUT2D eigenvalue weighted by atomic mass is 19.1. The number of carbonyl (C=O) groups excluding carboxylic acids is 1. The Bertz CT molecular complexity index is 402. The Labute approximate surface area is 94.4 Å². The second-order valence-corrected chi connectivity index (χ2v) is 4.08. The summed E-state index contributed by atoms with van der Waals surface area (Å²) in [5.74, 6) is -0.825. The molecule has 0 amide bonds. The average molecular weight is 225 g/mol. The van der Waals surface area contributed by atoms with E-state index >= 15 is 0 Å². The number of esters is 1. The van der Waals surface area contributed by atoms with Crippen molar-refractivity contribution >= 4 is 11.7 Å². The van der Waals surface area contributed by atoms with Gasteiger partial charge >= 0.3 is 5.97 Å². The fourth-order valence-electron chi connectivity index (χ4n) is 1.49. The van der Waals surface area contributed by atoms with E-state index in [2.05, 4.69) is 0 Å². The molecule has 0 saturated carbocycles. The summed E-state index contributed by atoms with van der Waals surface area (Å²) in [5, 5.41) is 0. The maximum absolute atomic E-state index is 13.1. The molecule has 0 aliphatic rings. The van der Waals surface area contributed by atoms with E-state index in [1.54, 1.807) is 20.8 Å². The van der Waals surface area contributed by atoms with Gasteiger partial charge in [-0.05, 0) is 44.5 Å². The van der Waals surface area contributed by atoms with E-state index in [1.165, 1.54) is 18.2 Å². The molecule has 0 radical (unpaired) electrons. The third-order valence-corrected chi connectivity index (χ3v) is 2.47. The molecule has 0 saturated heterocycles. The van der Waals surface area contributed by atoms with Crippen molar-refractivity contribution in [3.8, 4) is 0 Å². The van der Waals surface area contributed by atoms with Gasteiger partial charge in [0.2, 0.25) is 0 Å². The van der Waals surface area contributed by atoms with Gasteiger partial charge in [-0.1, -0.05) is 0 Å². The topological polar surface area (TPSA) is 52.3 Å². The van der Waals surface area contributed by atoms with Gasteiger partial charge in [0.15, 0.2) is 0 Å². The average Bonchev–Trinajstić information content (AvgIpc) is 2.22. The highest BCUT2D eigenvalue weighted by Crippen LogP contribution is 2.30. The van der Waals surface area contributed by atoms with Crippen LogP contribution in [-0.4, -0.2) is 12.6 Å². The molecule has 0 aliphatic heterocycles. The zero-order valence-corrected chi connectivity index (χ0v) is 9.71. The van der Waals surface area contributed by atoms with Crippen LogP contribution in [0, 0.1) is 5.82 Å². The predicted octanol–water partition coefficient (Wildman–Crippen LogP) is 2.25. The second-order valence-electron chi connectivity index (χ2n) is 4.08. The van der Waals surface area contributed by atoms with Crippen molar-refractivity contribution in [2.24, 2.45) is 0 Å². The summed E-state index contributed by atoms with van der Waals surface area (Å²) in [6.45, 7) is 5.34. The summed E-state index contributed by atoms with van der Waals surface area (Å²) in [6.07, 6.45) is 0. The van der Waals surface area contributed by atoms with Crippen LogP contribution < -0.4 is 5.73 Å². The van der Waals surface area contributed by atoms with Gasteiger partial charge in [-0.25, -0.2) is 4.39 Å². The van der Waals surface area contributed by atoms with Gasteiger partial charge < -0.3 is 10.5 Å². The Morgan fingerprint density at radius 2 is 2.12 bits per heavy atom. The van der Waals surface area contributed by atoms with Crippen LogP contribution in [0.4, 0.5) is 10.1 Å². The Hall–Kier alpha value is -1.58. The molecule has 0 aliphatic carbocycles. The molecular formula is C12H16FNO2. The van der Waals surface area contributed by atoms with Crippen molar-refractivity contribution in [1.29, 1.82) is 0 Å². The SMILES string of the molecule is CCOC(=O)C(C)(C)c1cc(F)ccc1N. The molecule has 16 heavy (non-hydrogen) atoms. The van der Waals surface area contributed by atoms with Crippen LogP contribution >= 0.6 is 0 Å². The maximum Gasteiger partial charge on any atom is 0.316 e. The van der Waals surface area contributed by atoms with Crippen LogP contribution in [0.3, 0.4) is 0 Å². The van der Waals surface area contributed by atoms with Crippen molar-refractivity contribution < 1.29 is 13.9 Å². The number of ether oxygens (including phenoxy) is 1. The Balaban J connectivity index is 3.15. The molecule has 0 atom stereocenters. The summed E-state index contributed by atoms with van der Waals surface area (Å²) < 4.78 is 18.1. The molecule has 3 nitrogen and oxygen atoms in total. The highest BCUT2D eigenvalue weighted by Gasteiger charge is 2.33. The van der Waals surface area contributed by atoms with Gasteiger partial charge in [-0.3, -0.25) is 4.79 Å². The van der Waals surface area contributed by atoms with E-state index in [0.29, 0.717) is 11.3 Å². The third kappa shape index (κ3) is 2.32. The first kappa shape index (κ1) is 12.5. The first-order valence-electron chi connectivity index (χ1n) is 5.12. The number of rotatable bonds is 3. The quantitative estimate of drug-likeness (QED) is 0.634. The molecule has 1 rings (SSSR count). The first-order chi connectivity index (χ1) is 7.39. The first-order valence-corrected chi connectivity index (χ1v) is 5.12. The summed E-state index contributed by atoms with van der Waals surface area (Å²) in [4.78, 5) is 11.7. The second kappa shape index (κ2) is 4.51. The fourth-order valence-corrected chi connectivity index (χ4v) is 1.49. The van der Waals surface area contributed by atoms with Crippen molar-refractivity contribution in [2.75, 3.05) is 12.3 Å². The minimum absolute atomic E-state index is 0.289. The number of hydrogen-bond donors (Lipinski definition) is 1. The number of benzene rings is 1. The molecule has 1 aromatic carbocycles. The number of halogens is 1. The smallest absolute Gasteiger partial charge is 0.316 e. The molecule has 0 fully saturated rings. The van der Waals surface area contributed by atoms with Crippen molar-refractivity contribution in [2.45, 2.75) is 26.2 Å². The lowest BCUT2D eigenvalue weighted by molar-refractivity contribution is -0.148. The minimum atomic E-state index is -0.942. The van der Waals surface area contributed by atoms with Gasteiger partial charge in [0.25, 0.3) is 0 Å². The minimum Gasteiger partial charge on any atom is -0.465 e. The third-order valence-electron chi connectivity index (χ3n) is 2.47. The summed E-state index contributed by atoms with van der Waals surface area (Å²) in [5.41, 5.74) is 5.63. The Kier molecular flexibility index (Phi) is 3.52. The van der Waals surface area contributed by atoms with Crippen molar-refractivity contribution in [3.63, 3.8) is 0 Å². The normalized spacial score (nSPS) is 11.2. The van der Waals surface area contributed by atoms with Crippen LogP contribution in [0.2, 0.25) is 0 Å². The van der Waals surface area contributed by atoms with Crippen LogP contribution in [0.15, 0.2) is 18.2 Å². The summed E-state index contributed by atoms with van der Waals surface area (Å²) >= 11 is 0. The molecule has 0 unspecified atom stereocenters. The van der Waals surface area contributed by atoms with E-state index in [0.717, 1.165) is 0 Å². The van der Waals surface area contributed by atoms with E-state index in [-0.39, 0.29) is 6.61 Å². The van der Waals surface area contributed by atoms with E-state index in [1.807, 2.05) is 0 Å². The van der Waals surface area contributed by atoms with E-state index in [4.69, 9.17) is 10.5 Å². The van der Waals surface area contributed by atoms with Gasteiger partial charge in [0.1, 0.15) is 5.82 Å². The lowest BCUT2D eigenvalue weighted by Gasteiger charge is -2.24. The molecule has 0 spiro atoms. The van der Waals surface area contributed by atoms with Crippen LogP contribution in [0.5, 0.6) is 0 Å². The van der Waals surface area contributed by atoms with Gasteiger partial charge in [-0.15, -0.1) is 0 Å². The number of nitrogen functional groups attached to an aromatic ring is 1. The van der Waals surface area contributed by atoms with Gasteiger partial charge in [0.05, 0.1) is 12.0 Å². The predicted molar refractivity (Wildman–Crippen MR) is 60.5 cm³/mol. The molecule has 1 aromatic rings. The number of carbonyl (C=O) groups is 1. The van der Waals surface area contributed by atoms with Gasteiger partial charge in [-0.2, -0.15) is 0 Å². The molecule has 0 bridgehead atoms. The van der Waals surface area contributed by atoms with E-state index < -0.39 is 17.2 Å². The van der Waals surface area contributed by atoms with Crippen LogP contribution in [0.1, 0.15) is 26.3 Å². The number of nitrogens with two attached hydrogens (primary N) is 1. The standard InChI is InChI=1S/C12H16FNO2/c1-4-16-11(15)12(2,3)9-7-8(13)5-6-10(9)14/h5-7H,4,14H2,1-3H3. The van der Waals surface area contributed by atoms with Crippen molar-refractivity contribution in [3.05, 3.63) is 29.6 Å². The van der Waals surface area contributed by atoms with Gasteiger partial charge in [0, 0.05) is 5.69 Å². The Morgan fingerprint density at radius 3 is 2.69 bits per heavy atom. The lowest BCUT2D eigenvalue weighted by Crippen LogP contribution is -2.32. The molecule has 2 N–H and O–H groups in total. The highest BCUT2D eigenvalue weighted by molar-refractivity contribution is 5.84. The Morgan fingerprint density at radius 1 is 1.50 bits per heavy atom. The fraction of sp³-hybridized carbons (Fsp3) is 0.417. The summed E-state index contributed by atoms with van der Waals surface area (Å²) in [7, 11) is 0. The molecule has 0 heterocycles. The maximum atomic E-state index is 13.1. The zero-order valence-electron chi connectivity index (χ0n) is 9.71. The molecule has 4 heteroatoms. The number of anilines is 1. The van der Waals surface area contributed by atoms with Crippen molar-refractivity contribution in [1.82, 2.24) is 0 Å². The molecular weight excluding hydrogens is 209 g/mol. The summed E-state index contributed by atoms with van der Waals surface area (Å²) in [6, 6.07) is 3.98. The monoisotopic (exact) mass is 225 g/mol.